The third-order valence-corrected chi connectivity index (χ3v) is 2.91. The lowest BCUT2D eigenvalue weighted by Gasteiger charge is -2.16. The van der Waals surface area contributed by atoms with E-state index in [0.29, 0.717) is 11.8 Å². The molecule has 0 aliphatic rings. The number of rotatable bonds is 7. The molecule has 1 rings (SSSR count). The summed E-state index contributed by atoms with van der Waals surface area (Å²) >= 11 is 0. The van der Waals surface area contributed by atoms with Crippen LogP contribution >= 0.6 is 0 Å². The van der Waals surface area contributed by atoms with Gasteiger partial charge in [0.25, 0.3) is 0 Å². The van der Waals surface area contributed by atoms with E-state index in [1.165, 1.54) is 11.1 Å². The van der Waals surface area contributed by atoms with Crippen LogP contribution in [0.15, 0.2) is 24.3 Å². The number of ether oxygens (including phenoxy) is 1. The molecule has 1 aromatic carbocycles. The Balaban J connectivity index is 2.69. The summed E-state index contributed by atoms with van der Waals surface area (Å²) < 4.78 is 5.27. The third-order valence-electron chi connectivity index (χ3n) is 2.91. The molecular formula is C15H25NO. The molecule has 17 heavy (non-hydrogen) atoms. The summed E-state index contributed by atoms with van der Waals surface area (Å²) in [6, 6.07) is 8.96. The van der Waals surface area contributed by atoms with Crippen LogP contribution in [0.25, 0.3) is 0 Å². The van der Waals surface area contributed by atoms with Crippen LogP contribution in [0.5, 0.6) is 0 Å². The Kier molecular flexibility index (Phi) is 6.23. The lowest BCUT2D eigenvalue weighted by atomic mass is 9.96. The summed E-state index contributed by atoms with van der Waals surface area (Å²) in [5.74, 6) is 1.16. The van der Waals surface area contributed by atoms with Gasteiger partial charge in [0.15, 0.2) is 0 Å². The van der Waals surface area contributed by atoms with Crippen molar-refractivity contribution in [1.29, 1.82) is 0 Å². The van der Waals surface area contributed by atoms with Crippen LogP contribution in [0.4, 0.5) is 0 Å². The molecule has 0 aliphatic heterocycles. The van der Waals surface area contributed by atoms with Gasteiger partial charge in [-0.15, -0.1) is 0 Å². The van der Waals surface area contributed by atoms with Gasteiger partial charge in [-0.05, 0) is 30.5 Å². The topological polar surface area (TPSA) is 21.3 Å². The number of benzene rings is 1. The molecule has 1 aromatic rings. The van der Waals surface area contributed by atoms with Crippen molar-refractivity contribution in [3.8, 4) is 0 Å². The normalized spacial score (nSPS) is 13.0. The van der Waals surface area contributed by atoms with Crippen molar-refractivity contribution in [3.05, 3.63) is 35.4 Å². The first kappa shape index (κ1) is 14.2. The monoisotopic (exact) mass is 235 g/mol. The summed E-state index contributed by atoms with van der Waals surface area (Å²) in [6.07, 6.45) is 1.15. The van der Waals surface area contributed by atoms with Gasteiger partial charge < -0.3 is 10.1 Å². The zero-order valence-electron chi connectivity index (χ0n) is 11.5. The quantitative estimate of drug-likeness (QED) is 0.784. The predicted octanol–water partition coefficient (Wildman–Crippen LogP) is 2.83. The van der Waals surface area contributed by atoms with E-state index in [0.717, 1.165) is 19.6 Å². The molecule has 1 atom stereocenters. The molecule has 2 heteroatoms. The van der Waals surface area contributed by atoms with Crippen LogP contribution in [0.1, 0.15) is 30.9 Å². The Morgan fingerprint density at radius 2 is 1.82 bits per heavy atom. The van der Waals surface area contributed by atoms with E-state index >= 15 is 0 Å². The van der Waals surface area contributed by atoms with E-state index in [-0.39, 0.29) is 0 Å². The van der Waals surface area contributed by atoms with Gasteiger partial charge in [0.2, 0.25) is 0 Å². The number of hydrogen-bond donors (Lipinski definition) is 1. The summed E-state index contributed by atoms with van der Waals surface area (Å²) in [5, 5.41) is 3.22. The molecule has 0 heterocycles. The molecule has 96 valence electrons. The van der Waals surface area contributed by atoms with Crippen LogP contribution in [0, 0.1) is 5.92 Å². The number of methoxy groups -OCH3 is 1. The third kappa shape index (κ3) is 4.88. The van der Waals surface area contributed by atoms with E-state index < -0.39 is 0 Å². The fourth-order valence-corrected chi connectivity index (χ4v) is 2.12. The summed E-state index contributed by atoms with van der Waals surface area (Å²) in [6.45, 7) is 6.23. The average Bonchev–Trinajstić information content (AvgIpc) is 2.29. The molecule has 0 bridgehead atoms. The zero-order valence-corrected chi connectivity index (χ0v) is 11.5. The fraction of sp³-hybridized carbons (Fsp3) is 0.600. The maximum absolute atomic E-state index is 5.27. The van der Waals surface area contributed by atoms with Crippen molar-refractivity contribution in [1.82, 2.24) is 5.32 Å². The maximum Gasteiger partial charge on any atom is 0.0543 e. The van der Waals surface area contributed by atoms with Crippen molar-refractivity contribution < 1.29 is 4.74 Å². The minimum absolute atomic E-state index is 0.443. The smallest absolute Gasteiger partial charge is 0.0543 e. The molecule has 0 amide bonds. The molecular weight excluding hydrogens is 210 g/mol. The lowest BCUT2D eigenvalue weighted by molar-refractivity contribution is 0.178. The van der Waals surface area contributed by atoms with Gasteiger partial charge in [-0.1, -0.05) is 38.1 Å². The van der Waals surface area contributed by atoms with Gasteiger partial charge in [0, 0.05) is 19.6 Å². The highest BCUT2D eigenvalue weighted by Gasteiger charge is 2.10. The molecule has 1 N–H and O–H groups in total. The largest absolute Gasteiger partial charge is 0.384 e. The van der Waals surface area contributed by atoms with E-state index in [1.54, 1.807) is 7.11 Å². The fourth-order valence-electron chi connectivity index (χ4n) is 2.12. The van der Waals surface area contributed by atoms with Crippen LogP contribution in [0.3, 0.4) is 0 Å². The SMILES string of the molecule is CNCC(COC)c1ccc(CC(C)C)cc1. The van der Waals surface area contributed by atoms with Crippen molar-refractivity contribution in [2.45, 2.75) is 26.2 Å². The standard InChI is InChI=1S/C15H25NO/c1-12(2)9-13-5-7-14(8-6-13)15(10-16-3)11-17-4/h5-8,12,15-16H,9-11H2,1-4H3. The van der Waals surface area contributed by atoms with E-state index in [4.69, 9.17) is 4.74 Å². The summed E-state index contributed by atoms with van der Waals surface area (Å²) in [4.78, 5) is 0. The van der Waals surface area contributed by atoms with Gasteiger partial charge in [-0.2, -0.15) is 0 Å². The Hall–Kier alpha value is -0.860. The molecule has 0 fully saturated rings. The van der Waals surface area contributed by atoms with E-state index in [2.05, 4.69) is 43.4 Å². The Bertz CT molecular complexity index is 299. The van der Waals surface area contributed by atoms with E-state index in [9.17, 15) is 0 Å². The Labute approximate surface area is 105 Å². The number of nitrogens with one attached hydrogen (secondary N) is 1. The molecule has 2 nitrogen and oxygen atoms in total. The highest BCUT2D eigenvalue weighted by molar-refractivity contribution is 5.26. The second-order valence-electron chi connectivity index (χ2n) is 5.05. The average molecular weight is 235 g/mol. The molecule has 0 aromatic heterocycles. The highest BCUT2D eigenvalue weighted by Crippen LogP contribution is 2.17. The second kappa shape index (κ2) is 7.46. The molecule has 0 saturated heterocycles. The minimum Gasteiger partial charge on any atom is -0.384 e. The van der Waals surface area contributed by atoms with Crippen molar-refractivity contribution in [2.24, 2.45) is 5.92 Å². The molecule has 0 aliphatic carbocycles. The van der Waals surface area contributed by atoms with Gasteiger partial charge in [0.05, 0.1) is 6.61 Å². The Morgan fingerprint density at radius 1 is 1.18 bits per heavy atom. The van der Waals surface area contributed by atoms with Crippen LogP contribution in [-0.2, 0) is 11.2 Å². The van der Waals surface area contributed by atoms with Gasteiger partial charge in [0.1, 0.15) is 0 Å². The van der Waals surface area contributed by atoms with E-state index in [1.807, 2.05) is 7.05 Å². The zero-order chi connectivity index (χ0) is 12.7. The Morgan fingerprint density at radius 3 is 2.29 bits per heavy atom. The first-order valence-electron chi connectivity index (χ1n) is 6.39. The summed E-state index contributed by atoms with van der Waals surface area (Å²) in [5.41, 5.74) is 2.78. The first-order valence-corrected chi connectivity index (χ1v) is 6.39. The molecule has 0 saturated carbocycles. The first-order chi connectivity index (χ1) is 8.17. The highest BCUT2D eigenvalue weighted by atomic mass is 16.5. The van der Waals surface area contributed by atoms with Crippen molar-refractivity contribution in [2.75, 3.05) is 27.3 Å². The van der Waals surface area contributed by atoms with Crippen LogP contribution in [0.2, 0.25) is 0 Å². The van der Waals surface area contributed by atoms with Crippen LogP contribution in [-0.4, -0.2) is 27.3 Å². The van der Waals surface area contributed by atoms with Gasteiger partial charge in [-0.3, -0.25) is 0 Å². The van der Waals surface area contributed by atoms with Gasteiger partial charge in [-0.25, -0.2) is 0 Å². The van der Waals surface area contributed by atoms with Gasteiger partial charge >= 0.3 is 0 Å². The van der Waals surface area contributed by atoms with Crippen molar-refractivity contribution >= 4 is 0 Å². The summed E-state index contributed by atoms with van der Waals surface area (Å²) in [7, 11) is 3.74. The number of likely N-dealkylation sites (N-methyl/N-ethyl adjacent to an activating group) is 1. The maximum atomic E-state index is 5.27. The molecule has 1 unspecified atom stereocenters. The number of hydrogen-bond acceptors (Lipinski definition) is 2. The van der Waals surface area contributed by atoms with Crippen molar-refractivity contribution in [3.63, 3.8) is 0 Å². The predicted molar refractivity (Wildman–Crippen MR) is 73.5 cm³/mol. The molecule has 0 spiro atoms. The second-order valence-corrected chi connectivity index (χ2v) is 5.05. The molecule has 0 radical (unpaired) electrons. The van der Waals surface area contributed by atoms with Crippen LogP contribution < -0.4 is 5.32 Å². The lowest BCUT2D eigenvalue weighted by Crippen LogP contribution is -2.20. The minimum atomic E-state index is 0.443.